The van der Waals surface area contributed by atoms with Gasteiger partial charge in [-0.15, -0.1) is 11.8 Å². The molecule has 0 saturated heterocycles. The molecule has 1 heterocycles. The summed E-state index contributed by atoms with van der Waals surface area (Å²) in [5, 5.41) is 1.05. The molecule has 1 aliphatic heterocycles. The van der Waals surface area contributed by atoms with Crippen molar-refractivity contribution in [2.75, 3.05) is 0 Å². The van der Waals surface area contributed by atoms with E-state index in [1.165, 1.54) is 4.90 Å². The predicted molar refractivity (Wildman–Crippen MR) is 111 cm³/mol. The van der Waals surface area contributed by atoms with Crippen molar-refractivity contribution >= 4 is 50.7 Å². The maximum atomic E-state index is 6.49. The zero-order chi connectivity index (χ0) is 17.2. The second-order valence-corrected chi connectivity index (χ2v) is 8.43. The first-order valence-corrected chi connectivity index (χ1v) is 10.1. The molecule has 0 radical (unpaired) electrons. The van der Waals surface area contributed by atoms with Crippen molar-refractivity contribution in [1.82, 2.24) is 0 Å². The number of aliphatic imine (C=N–C) groups is 1. The third kappa shape index (κ3) is 3.69. The maximum absolute atomic E-state index is 6.49. The predicted octanol–water partition coefficient (Wildman–Crippen LogP) is 7.46. The van der Waals surface area contributed by atoms with Gasteiger partial charge in [0.25, 0.3) is 0 Å². The van der Waals surface area contributed by atoms with Crippen molar-refractivity contribution in [1.29, 1.82) is 0 Å². The Morgan fingerprint density at radius 2 is 1.64 bits per heavy atom. The minimum atomic E-state index is 0.236. The number of thioether (sulfide) groups is 1. The van der Waals surface area contributed by atoms with Gasteiger partial charge < -0.3 is 0 Å². The lowest BCUT2D eigenvalue weighted by Crippen LogP contribution is -2.05. The van der Waals surface area contributed by atoms with Crippen molar-refractivity contribution in [2.45, 2.75) is 16.6 Å². The first-order valence-electron chi connectivity index (χ1n) is 8.04. The molecule has 0 amide bonds. The third-order valence-corrected chi connectivity index (χ3v) is 6.38. The summed E-state index contributed by atoms with van der Waals surface area (Å²) in [6.45, 7) is 0. The van der Waals surface area contributed by atoms with E-state index in [1.54, 1.807) is 0 Å². The van der Waals surface area contributed by atoms with Crippen LogP contribution in [0.3, 0.4) is 0 Å². The number of nitrogens with zero attached hydrogens (tertiary/aromatic N) is 1. The van der Waals surface area contributed by atoms with E-state index in [1.807, 2.05) is 30.0 Å². The third-order valence-electron chi connectivity index (χ3n) is 4.20. The molecule has 0 aliphatic carbocycles. The van der Waals surface area contributed by atoms with E-state index in [9.17, 15) is 0 Å². The monoisotopic (exact) mass is 427 g/mol. The molecular weight excluding hydrogens is 414 g/mol. The van der Waals surface area contributed by atoms with Gasteiger partial charge in [0.2, 0.25) is 0 Å². The topological polar surface area (TPSA) is 12.4 Å². The van der Waals surface area contributed by atoms with Gasteiger partial charge in [0, 0.05) is 31.8 Å². The Morgan fingerprint density at radius 1 is 0.920 bits per heavy atom. The lowest BCUT2D eigenvalue weighted by Gasteiger charge is -2.17. The Bertz CT molecular complexity index is 937. The van der Waals surface area contributed by atoms with Crippen molar-refractivity contribution in [2.24, 2.45) is 4.99 Å². The standard InChI is InChI=1S/C21H15BrClNS/c22-15-11-9-14(10-12-15)19-13-21(16-5-1-2-6-17(16)23)25-20-8-4-3-7-18(20)24-19/h1-12,21H,13H2. The number of para-hydroxylation sites is 1. The molecule has 1 atom stereocenters. The van der Waals surface area contributed by atoms with Crippen LogP contribution in [0, 0.1) is 0 Å². The van der Waals surface area contributed by atoms with Gasteiger partial charge in [-0.2, -0.15) is 0 Å². The van der Waals surface area contributed by atoms with Crippen molar-refractivity contribution in [3.05, 3.63) is 93.4 Å². The molecule has 4 heteroatoms. The second kappa shape index (κ2) is 7.36. The van der Waals surface area contributed by atoms with Gasteiger partial charge in [-0.05, 0) is 41.5 Å². The van der Waals surface area contributed by atoms with E-state index >= 15 is 0 Å². The lowest BCUT2D eigenvalue weighted by atomic mass is 10.0. The van der Waals surface area contributed by atoms with Gasteiger partial charge in [-0.25, -0.2) is 0 Å². The summed E-state index contributed by atoms with van der Waals surface area (Å²) in [4.78, 5) is 6.18. The molecule has 1 nitrogen and oxygen atoms in total. The van der Waals surface area contributed by atoms with Crippen molar-refractivity contribution in [3.8, 4) is 0 Å². The van der Waals surface area contributed by atoms with Gasteiger partial charge in [0.15, 0.2) is 0 Å². The number of hydrogen-bond donors (Lipinski definition) is 0. The summed E-state index contributed by atoms with van der Waals surface area (Å²) in [6.07, 6.45) is 0.838. The first kappa shape index (κ1) is 16.9. The molecule has 0 bridgehead atoms. The highest BCUT2D eigenvalue weighted by Crippen LogP contribution is 2.47. The quantitative estimate of drug-likeness (QED) is 0.412. The molecule has 25 heavy (non-hydrogen) atoms. The van der Waals surface area contributed by atoms with Crippen LogP contribution < -0.4 is 0 Å². The summed E-state index contributed by atoms with van der Waals surface area (Å²) in [7, 11) is 0. The van der Waals surface area contributed by atoms with Crippen LogP contribution in [0.15, 0.2) is 87.2 Å². The zero-order valence-electron chi connectivity index (χ0n) is 13.3. The number of benzene rings is 3. The minimum absolute atomic E-state index is 0.236. The van der Waals surface area contributed by atoms with Gasteiger partial charge >= 0.3 is 0 Å². The smallest absolute Gasteiger partial charge is 0.0769 e. The van der Waals surface area contributed by atoms with E-state index in [4.69, 9.17) is 16.6 Å². The normalized spacial score (nSPS) is 16.7. The van der Waals surface area contributed by atoms with E-state index in [0.717, 1.165) is 38.4 Å². The summed E-state index contributed by atoms with van der Waals surface area (Å²) < 4.78 is 1.07. The van der Waals surface area contributed by atoms with E-state index in [0.29, 0.717) is 0 Å². The zero-order valence-corrected chi connectivity index (χ0v) is 16.5. The lowest BCUT2D eigenvalue weighted by molar-refractivity contribution is 1.01. The summed E-state index contributed by atoms with van der Waals surface area (Å²) in [5.41, 5.74) is 4.43. The molecule has 0 N–H and O–H groups in total. The number of rotatable bonds is 2. The van der Waals surface area contributed by atoms with E-state index < -0.39 is 0 Å². The molecule has 0 fully saturated rings. The fourth-order valence-corrected chi connectivity index (χ4v) is 4.81. The van der Waals surface area contributed by atoms with Crippen LogP contribution in [0.4, 0.5) is 5.69 Å². The molecule has 3 aromatic rings. The van der Waals surface area contributed by atoms with Crippen LogP contribution in [0.5, 0.6) is 0 Å². The molecule has 0 spiro atoms. The fraction of sp³-hybridized carbons (Fsp3) is 0.0952. The Kier molecular flexibility index (Phi) is 4.98. The van der Waals surface area contributed by atoms with Gasteiger partial charge in [-0.1, -0.05) is 70.0 Å². The molecule has 0 aromatic heterocycles. The van der Waals surface area contributed by atoms with Crippen molar-refractivity contribution < 1.29 is 0 Å². The van der Waals surface area contributed by atoms with Crippen LogP contribution in [0.2, 0.25) is 5.02 Å². The Hall–Kier alpha value is -1.55. The van der Waals surface area contributed by atoms with Gasteiger partial charge in [-0.3, -0.25) is 4.99 Å². The molecular formula is C21H15BrClNS. The molecule has 4 rings (SSSR count). The molecule has 1 unspecified atom stereocenters. The Morgan fingerprint density at radius 3 is 2.44 bits per heavy atom. The van der Waals surface area contributed by atoms with Crippen LogP contribution >= 0.6 is 39.3 Å². The second-order valence-electron chi connectivity index (χ2n) is 5.87. The van der Waals surface area contributed by atoms with Crippen molar-refractivity contribution in [3.63, 3.8) is 0 Å². The van der Waals surface area contributed by atoms with E-state index in [2.05, 4.69) is 70.5 Å². The highest BCUT2D eigenvalue weighted by molar-refractivity contribution is 9.10. The maximum Gasteiger partial charge on any atom is 0.0769 e. The Balaban J connectivity index is 1.82. The highest BCUT2D eigenvalue weighted by Gasteiger charge is 2.23. The van der Waals surface area contributed by atoms with Crippen LogP contribution in [-0.2, 0) is 0 Å². The summed E-state index contributed by atoms with van der Waals surface area (Å²) in [6, 6.07) is 24.8. The van der Waals surface area contributed by atoms with Crippen LogP contribution in [0.25, 0.3) is 0 Å². The summed E-state index contributed by atoms with van der Waals surface area (Å²) in [5.74, 6) is 0. The number of halogens is 2. The van der Waals surface area contributed by atoms with Crippen LogP contribution in [0.1, 0.15) is 22.8 Å². The first-order chi connectivity index (χ1) is 12.2. The molecule has 0 saturated carbocycles. The number of hydrogen-bond acceptors (Lipinski definition) is 2. The SMILES string of the molecule is Clc1ccccc1C1CC(c2ccc(Br)cc2)=Nc2ccccc2S1. The molecule has 1 aliphatic rings. The summed E-state index contributed by atoms with van der Waals surface area (Å²) >= 11 is 11.8. The highest BCUT2D eigenvalue weighted by atomic mass is 79.9. The minimum Gasteiger partial charge on any atom is -0.252 e. The van der Waals surface area contributed by atoms with Gasteiger partial charge in [0.1, 0.15) is 0 Å². The average Bonchev–Trinajstić information content (AvgIpc) is 2.82. The van der Waals surface area contributed by atoms with E-state index in [-0.39, 0.29) is 5.25 Å². The molecule has 3 aromatic carbocycles. The number of fused-ring (bicyclic) bond motifs is 1. The molecule has 124 valence electrons. The Labute approximate surface area is 165 Å². The average molecular weight is 429 g/mol. The largest absolute Gasteiger partial charge is 0.252 e. The fourth-order valence-electron chi connectivity index (χ4n) is 2.95. The van der Waals surface area contributed by atoms with Gasteiger partial charge in [0.05, 0.1) is 5.69 Å². The van der Waals surface area contributed by atoms with Crippen LogP contribution in [-0.4, -0.2) is 5.71 Å².